The molecule has 2 nitrogen and oxygen atoms in total. The Bertz CT molecular complexity index is 2700. The minimum Gasteiger partial charge on any atom is -0.359 e. The summed E-state index contributed by atoms with van der Waals surface area (Å²) in [7, 11) is 0. The number of hydrogen-bond donors (Lipinski definition) is 1. The number of benzene rings is 4. The number of nitrogens with one attached hydrogen (secondary N) is 1. The van der Waals surface area contributed by atoms with Crippen molar-refractivity contribution < 1.29 is 0 Å². The Morgan fingerprint density at radius 3 is 2.00 bits per heavy atom. The second-order valence-electron chi connectivity index (χ2n) is 19.8. The van der Waals surface area contributed by atoms with Gasteiger partial charge in [-0.2, -0.15) is 0 Å². The maximum Gasteiger partial charge on any atom is 0.0685 e. The molecule has 1 N–H and O–H groups in total. The van der Waals surface area contributed by atoms with E-state index in [4.69, 9.17) is 0 Å². The molecule has 2 heteroatoms. The van der Waals surface area contributed by atoms with Crippen LogP contribution < -0.4 is 10.2 Å². The summed E-state index contributed by atoms with van der Waals surface area (Å²) in [5, 5.41) is 3.91. The van der Waals surface area contributed by atoms with Gasteiger partial charge in [-0.05, 0) is 149 Å². The van der Waals surface area contributed by atoms with Gasteiger partial charge in [-0.3, -0.25) is 0 Å². The molecule has 4 aromatic rings. The van der Waals surface area contributed by atoms with Crippen molar-refractivity contribution in [2.24, 2.45) is 23.2 Å². The number of hydrogen-bond acceptors (Lipinski definition) is 2. The molecule has 0 bridgehead atoms. The van der Waals surface area contributed by atoms with Crippen molar-refractivity contribution >= 4 is 22.6 Å². The van der Waals surface area contributed by atoms with Crippen LogP contribution in [0, 0.1) is 23.2 Å². The van der Waals surface area contributed by atoms with Gasteiger partial charge in [-0.15, -0.1) is 0 Å². The van der Waals surface area contributed by atoms with E-state index in [1.54, 1.807) is 5.57 Å². The topological polar surface area (TPSA) is 15.3 Å². The third-order valence-corrected chi connectivity index (χ3v) is 13.3. The smallest absolute Gasteiger partial charge is 0.0685 e. The lowest BCUT2D eigenvalue weighted by atomic mass is 9.65. The van der Waals surface area contributed by atoms with Crippen LogP contribution in [0.3, 0.4) is 0 Å². The molecule has 0 aromatic heterocycles. The van der Waals surface area contributed by atoms with Gasteiger partial charge in [0.05, 0.1) is 5.41 Å². The summed E-state index contributed by atoms with van der Waals surface area (Å²) < 4.78 is 0. The van der Waals surface area contributed by atoms with Crippen molar-refractivity contribution in [3.63, 3.8) is 0 Å². The van der Waals surface area contributed by atoms with Gasteiger partial charge in [0.2, 0.25) is 0 Å². The molecular formula is C62H64N2. The lowest BCUT2D eigenvalue weighted by molar-refractivity contribution is 0.515. The van der Waals surface area contributed by atoms with Crippen LogP contribution in [0.25, 0.3) is 5.57 Å². The molecule has 322 valence electrons. The van der Waals surface area contributed by atoms with Gasteiger partial charge >= 0.3 is 0 Å². The Kier molecular flexibility index (Phi) is 12.1. The molecule has 0 heterocycles. The maximum absolute atomic E-state index is 3.91. The van der Waals surface area contributed by atoms with Crippen LogP contribution in [-0.4, -0.2) is 0 Å². The predicted molar refractivity (Wildman–Crippen MR) is 274 cm³/mol. The van der Waals surface area contributed by atoms with E-state index in [0.29, 0.717) is 11.8 Å². The fourth-order valence-corrected chi connectivity index (χ4v) is 10.3. The van der Waals surface area contributed by atoms with Crippen LogP contribution in [0.2, 0.25) is 0 Å². The zero-order valence-corrected chi connectivity index (χ0v) is 38.9. The summed E-state index contributed by atoms with van der Waals surface area (Å²) in [6.45, 7) is 15.7. The molecule has 64 heavy (non-hydrogen) atoms. The van der Waals surface area contributed by atoms with E-state index in [-0.39, 0.29) is 10.8 Å². The first-order valence-corrected chi connectivity index (χ1v) is 23.6. The maximum atomic E-state index is 3.91. The average Bonchev–Trinajstić information content (AvgIpc) is 4.11. The molecule has 3 atom stereocenters. The van der Waals surface area contributed by atoms with E-state index in [2.05, 4.69) is 247 Å². The van der Waals surface area contributed by atoms with Gasteiger partial charge in [-0.25, -0.2) is 0 Å². The minimum absolute atomic E-state index is 0.0221. The van der Waals surface area contributed by atoms with Crippen molar-refractivity contribution in [3.8, 4) is 0 Å². The van der Waals surface area contributed by atoms with Crippen molar-refractivity contribution in [2.75, 3.05) is 10.2 Å². The standard InChI is InChI=1S/C50H44N2.C8H10.C4H10/c1-49(2,3)33-16-15-24-39-38-23-13-14-25-43(38)50(45(39)30-33)44-29-27-37(52(35-19-9-5-10-20-35)36-21-11-6-12-22-36)26-28-40(44)48-42-31-41(42)47(32-46(48)50)51-34-17-7-4-8-18-34;1-8-6-4-2-3-5-7-8;1-4(2)3/h4-23,25-28,30,32,41-42,51H,24,29,31H2,1-3H3;2-4,6-7H,5H2,1H3;4H,1-3H3. The van der Waals surface area contributed by atoms with Crippen LogP contribution in [0.5, 0.6) is 0 Å². The normalized spacial score (nSPS) is 22.2. The Morgan fingerprint density at radius 1 is 0.656 bits per heavy atom. The molecular weight excluding hydrogens is 773 g/mol. The van der Waals surface area contributed by atoms with Crippen LogP contribution >= 0.6 is 0 Å². The third kappa shape index (κ3) is 8.27. The average molecular weight is 837 g/mol. The number of para-hydroxylation sites is 3. The van der Waals surface area contributed by atoms with Crippen LogP contribution in [0.15, 0.2) is 239 Å². The molecule has 7 aliphatic rings. The molecule has 4 aromatic carbocycles. The van der Waals surface area contributed by atoms with E-state index in [9.17, 15) is 0 Å². The first-order valence-electron chi connectivity index (χ1n) is 23.6. The number of rotatable bonds is 5. The highest BCUT2D eigenvalue weighted by molar-refractivity contribution is 5.92. The number of nitrogens with zero attached hydrogens (tertiary/aromatic N) is 1. The van der Waals surface area contributed by atoms with Crippen LogP contribution in [0.4, 0.5) is 17.1 Å². The lowest BCUT2D eigenvalue weighted by Gasteiger charge is -2.37. The lowest BCUT2D eigenvalue weighted by Crippen LogP contribution is -2.30. The number of anilines is 3. The number of fused-ring (bicyclic) bond motifs is 9. The van der Waals surface area contributed by atoms with E-state index >= 15 is 0 Å². The van der Waals surface area contributed by atoms with Crippen molar-refractivity contribution in [3.05, 3.63) is 250 Å². The molecule has 1 spiro atoms. The first-order chi connectivity index (χ1) is 31.1. The van der Waals surface area contributed by atoms with Gasteiger partial charge in [0.15, 0.2) is 0 Å². The van der Waals surface area contributed by atoms with Gasteiger partial charge < -0.3 is 10.2 Å². The van der Waals surface area contributed by atoms with Crippen LogP contribution in [-0.2, 0) is 5.41 Å². The molecule has 7 aliphatic carbocycles. The Morgan fingerprint density at radius 2 is 1.31 bits per heavy atom. The van der Waals surface area contributed by atoms with Gasteiger partial charge in [0, 0.05) is 34.4 Å². The van der Waals surface area contributed by atoms with Crippen molar-refractivity contribution in [1.82, 2.24) is 0 Å². The zero-order valence-electron chi connectivity index (χ0n) is 38.9. The highest BCUT2D eigenvalue weighted by Gasteiger charge is 2.59. The van der Waals surface area contributed by atoms with E-state index in [0.717, 1.165) is 25.2 Å². The van der Waals surface area contributed by atoms with Crippen molar-refractivity contribution in [1.29, 1.82) is 0 Å². The molecule has 1 saturated carbocycles. The fraction of sp³-hybridized carbons (Fsp3) is 0.258. The highest BCUT2D eigenvalue weighted by atomic mass is 15.1. The summed E-state index contributed by atoms with van der Waals surface area (Å²) in [5.74, 6) is 1.85. The van der Waals surface area contributed by atoms with E-state index in [1.807, 2.05) is 0 Å². The monoisotopic (exact) mass is 837 g/mol. The molecule has 11 rings (SSSR count). The third-order valence-electron chi connectivity index (χ3n) is 13.3. The van der Waals surface area contributed by atoms with Gasteiger partial charge in [0.1, 0.15) is 0 Å². The summed E-state index contributed by atoms with van der Waals surface area (Å²) >= 11 is 0. The quantitative estimate of drug-likeness (QED) is 0.215. The molecule has 0 radical (unpaired) electrons. The molecule has 0 aliphatic heterocycles. The number of allylic oxidation sites excluding steroid dienone is 21. The molecule has 1 fully saturated rings. The predicted octanol–water partition coefficient (Wildman–Crippen LogP) is 16.7. The van der Waals surface area contributed by atoms with E-state index in [1.165, 1.54) is 85.0 Å². The van der Waals surface area contributed by atoms with Gasteiger partial charge in [-0.1, -0.05) is 187 Å². The second kappa shape index (κ2) is 18.0. The second-order valence-corrected chi connectivity index (χ2v) is 19.8. The van der Waals surface area contributed by atoms with Gasteiger partial charge in [0.25, 0.3) is 0 Å². The first kappa shape index (κ1) is 42.9. The highest BCUT2D eigenvalue weighted by Crippen LogP contribution is 2.69. The van der Waals surface area contributed by atoms with Crippen LogP contribution in [0.1, 0.15) is 85.3 Å². The SMILES string of the molecule is CC(C)(C)C1=CC2=C(CC=C1)c1ccccc1C21C2=C(C3=C1CC=C(N(c1ccccc1)c1ccccc1)C=C3)C1CC1C(Nc1ccccc1)=C2.CC(C)C.CC1=CCC=CC=C1. The van der Waals surface area contributed by atoms with E-state index < -0.39 is 0 Å². The summed E-state index contributed by atoms with van der Waals surface area (Å²) in [6, 6.07) is 41.7. The fourth-order valence-electron chi connectivity index (χ4n) is 10.3. The minimum atomic E-state index is -0.364. The summed E-state index contributed by atoms with van der Waals surface area (Å²) in [6.07, 6.45) is 32.0. The zero-order chi connectivity index (χ0) is 44.4. The molecule has 0 amide bonds. The summed E-state index contributed by atoms with van der Waals surface area (Å²) in [5.41, 5.74) is 20.3. The Hall–Kier alpha value is -6.38. The largest absolute Gasteiger partial charge is 0.359 e. The Labute approximate surface area is 383 Å². The summed E-state index contributed by atoms with van der Waals surface area (Å²) in [4.78, 5) is 2.42. The Balaban J connectivity index is 0.000000380. The molecule has 0 saturated heterocycles. The van der Waals surface area contributed by atoms with Crippen molar-refractivity contribution in [2.45, 2.75) is 79.6 Å². The molecule has 3 unspecified atom stereocenters.